The topological polar surface area (TPSA) is 99.1 Å². The lowest BCUT2D eigenvalue weighted by Crippen LogP contribution is -2.32. The maximum atomic E-state index is 12.3. The van der Waals surface area contributed by atoms with Crippen molar-refractivity contribution in [1.29, 1.82) is 0 Å². The molecule has 0 fully saturated rings. The van der Waals surface area contributed by atoms with Crippen molar-refractivity contribution in [3.05, 3.63) is 63.6 Å². The van der Waals surface area contributed by atoms with Crippen LogP contribution >= 0.6 is 15.9 Å². The summed E-state index contributed by atoms with van der Waals surface area (Å²) in [6, 6.07) is 11.0. The first-order valence-electron chi connectivity index (χ1n) is 8.54. The Labute approximate surface area is 169 Å². The number of nitrogens with zero attached hydrogens (tertiary/aromatic N) is 2. The van der Waals surface area contributed by atoms with E-state index in [9.17, 15) is 19.5 Å². The molecule has 0 bridgehead atoms. The van der Waals surface area contributed by atoms with E-state index in [0.717, 1.165) is 14.9 Å². The van der Waals surface area contributed by atoms with Gasteiger partial charge >= 0.3 is 6.03 Å². The zero-order chi connectivity index (χ0) is 20.3. The molecule has 2 aromatic carbocycles. The summed E-state index contributed by atoms with van der Waals surface area (Å²) in [6.07, 6.45) is 0.166. The predicted octanol–water partition coefficient (Wildman–Crippen LogP) is 2.36. The van der Waals surface area contributed by atoms with Crippen molar-refractivity contribution < 1.29 is 24.2 Å². The molecule has 0 saturated carbocycles. The number of carboxylic acids is 1. The van der Waals surface area contributed by atoms with Crippen LogP contribution in [0.5, 0.6) is 5.75 Å². The van der Waals surface area contributed by atoms with Crippen LogP contribution in [0.15, 0.2) is 51.9 Å². The van der Waals surface area contributed by atoms with Crippen molar-refractivity contribution >= 4 is 39.5 Å². The van der Waals surface area contributed by atoms with Crippen molar-refractivity contribution in [3.8, 4) is 5.75 Å². The second-order valence-corrected chi connectivity index (χ2v) is 7.01. The number of aliphatic imine (C=N–C) groups is 1. The molecular weight excluding hydrogens is 428 g/mol. The molecule has 2 aromatic rings. The van der Waals surface area contributed by atoms with E-state index < -0.39 is 17.9 Å². The highest BCUT2D eigenvalue weighted by atomic mass is 79.9. The molecule has 1 heterocycles. The van der Waals surface area contributed by atoms with Crippen LogP contribution in [0.25, 0.3) is 0 Å². The minimum absolute atomic E-state index is 0.0935. The fraction of sp³-hybridized carbons (Fsp3) is 0.200. The number of halogens is 1. The number of aromatic carboxylic acids is 1. The number of imide groups is 1. The fourth-order valence-corrected chi connectivity index (χ4v) is 3.17. The number of carbonyl (C=O) groups is 3. The van der Waals surface area contributed by atoms with Crippen LogP contribution < -0.4 is 9.84 Å². The van der Waals surface area contributed by atoms with Crippen LogP contribution in [-0.2, 0) is 17.8 Å². The van der Waals surface area contributed by atoms with Gasteiger partial charge in [-0.2, -0.15) is 4.99 Å². The van der Waals surface area contributed by atoms with Crippen molar-refractivity contribution in [2.75, 3.05) is 6.54 Å². The van der Waals surface area contributed by atoms with E-state index in [0.29, 0.717) is 11.3 Å². The largest absolute Gasteiger partial charge is 0.545 e. The SMILES string of the molecule is CCN1C(=O)N=C(Cc2cc(Br)ccc2OCc2ccc(C(=O)[O-])cc2)C1=O. The van der Waals surface area contributed by atoms with Gasteiger partial charge in [0.1, 0.15) is 18.1 Å². The number of rotatable bonds is 7. The summed E-state index contributed by atoms with van der Waals surface area (Å²) < 4.78 is 6.66. The highest BCUT2D eigenvalue weighted by molar-refractivity contribution is 9.10. The van der Waals surface area contributed by atoms with Crippen LogP contribution in [0.2, 0.25) is 0 Å². The number of hydrogen-bond donors (Lipinski definition) is 0. The Kier molecular flexibility index (Phi) is 5.89. The Hall–Kier alpha value is -3.00. The first-order chi connectivity index (χ1) is 13.4. The zero-order valence-electron chi connectivity index (χ0n) is 15.0. The number of carbonyl (C=O) groups excluding carboxylic acids is 3. The summed E-state index contributed by atoms with van der Waals surface area (Å²) in [6.45, 7) is 2.20. The Morgan fingerprint density at radius 3 is 2.50 bits per heavy atom. The highest BCUT2D eigenvalue weighted by Crippen LogP contribution is 2.26. The summed E-state index contributed by atoms with van der Waals surface area (Å²) in [7, 11) is 0. The average molecular weight is 444 g/mol. The van der Waals surface area contributed by atoms with Gasteiger partial charge in [-0.3, -0.25) is 9.69 Å². The van der Waals surface area contributed by atoms with Crippen LogP contribution in [-0.4, -0.2) is 35.1 Å². The molecule has 0 atom stereocenters. The van der Waals surface area contributed by atoms with Gasteiger partial charge < -0.3 is 14.6 Å². The molecule has 28 heavy (non-hydrogen) atoms. The fourth-order valence-electron chi connectivity index (χ4n) is 2.77. The van der Waals surface area contributed by atoms with Gasteiger partial charge in [0.15, 0.2) is 0 Å². The second kappa shape index (κ2) is 8.35. The van der Waals surface area contributed by atoms with Gasteiger partial charge in [0.2, 0.25) is 0 Å². The summed E-state index contributed by atoms with van der Waals surface area (Å²) in [5.74, 6) is -1.08. The molecular formula is C20H16BrN2O5-. The zero-order valence-corrected chi connectivity index (χ0v) is 16.6. The molecule has 0 saturated heterocycles. The summed E-state index contributed by atoms with van der Waals surface area (Å²) in [5.41, 5.74) is 1.75. The predicted molar refractivity (Wildman–Crippen MR) is 103 cm³/mol. The normalized spacial score (nSPS) is 13.6. The van der Waals surface area contributed by atoms with Crippen LogP contribution in [0, 0.1) is 0 Å². The lowest BCUT2D eigenvalue weighted by molar-refractivity contribution is -0.255. The lowest BCUT2D eigenvalue weighted by Gasteiger charge is -2.13. The smallest absolute Gasteiger partial charge is 0.350 e. The van der Waals surface area contributed by atoms with Crippen molar-refractivity contribution in [2.24, 2.45) is 4.99 Å². The highest BCUT2D eigenvalue weighted by Gasteiger charge is 2.32. The molecule has 1 aliphatic heterocycles. The van der Waals surface area contributed by atoms with E-state index in [1.807, 2.05) is 6.07 Å². The maximum Gasteiger partial charge on any atom is 0.350 e. The third kappa shape index (κ3) is 4.28. The van der Waals surface area contributed by atoms with Crippen molar-refractivity contribution in [1.82, 2.24) is 4.90 Å². The third-order valence-corrected chi connectivity index (χ3v) is 4.73. The van der Waals surface area contributed by atoms with E-state index in [4.69, 9.17) is 4.74 Å². The van der Waals surface area contributed by atoms with E-state index in [1.165, 1.54) is 12.1 Å². The molecule has 0 radical (unpaired) electrons. The van der Waals surface area contributed by atoms with Crippen LogP contribution in [0.3, 0.4) is 0 Å². The molecule has 0 aliphatic carbocycles. The number of hydrogen-bond acceptors (Lipinski definition) is 5. The molecule has 0 N–H and O–H groups in total. The maximum absolute atomic E-state index is 12.3. The molecule has 3 rings (SSSR count). The van der Waals surface area contributed by atoms with Gasteiger partial charge in [-0.15, -0.1) is 0 Å². The Morgan fingerprint density at radius 2 is 1.89 bits per heavy atom. The number of amides is 3. The molecule has 0 unspecified atom stereocenters. The summed E-state index contributed by atoms with van der Waals surface area (Å²) in [5, 5.41) is 10.8. The molecule has 144 valence electrons. The van der Waals surface area contributed by atoms with Gasteiger partial charge in [0.25, 0.3) is 5.91 Å². The number of ether oxygens (including phenoxy) is 1. The quantitative estimate of drug-likeness (QED) is 0.653. The average Bonchev–Trinajstić information content (AvgIpc) is 2.94. The van der Waals surface area contributed by atoms with E-state index >= 15 is 0 Å². The molecule has 3 amide bonds. The monoisotopic (exact) mass is 443 g/mol. The lowest BCUT2D eigenvalue weighted by atomic mass is 10.1. The number of benzene rings is 2. The Balaban J connectivity index is 1.76. The number of urea groups is 1. The third-order valence-electron chi connectivity index (χ3n) is 4.23. The standard InChI is InChI=1S/C20H17BrN2O5/c1-2-23-18(24)16(22-20(23)27)10-14-9-15(21)7-8-17(14)28-11-12-3-5-13(6-4-12)19(25)26/h3-9H,2,10-11H2,1H3,(H,25,26)/p-1. The van der Waals surface area contributed by atoms with Crippen molar-refractivity contribution in [3.63, 3.8) is 0 Å². The van der Waals surface area contributed by atoms with Gasteiger partial charge in [-0.25, -0.2) is 4.79 Å². The Morgan fingerprint density at radius 1 is 1.18 bits per heavy atom. The summed E-state index contributed by atoms with van der Waals surface area (Å²) >= 11 is 3.40. The van der Waals surface area contributed by atoms with E-state index in [-0.39, 0.29) is 30.8 Å². The minimum atomic E-state index is -1.24. The second-order valence-electron chi connectivity index (χ2n) is 6.09. The van der Waals surface area contributed by atoms with Crippen molar-refractivity contribution in [2.45, 2.75) is 20.0 Å². The molecule has 1 aliphatic rings. The first kappa shape index (κ1) is 19.8. The van der Waals surface area contributed by atoms with Gasteiger partial charge in [0, 0.05) is 23.0 Å². The van der Waals surface area contributed by atoms with Crippen LogP contribution in [0.1, 0.15) is 28.4 Å². The number of carboxylic acid groups (broad SMARTS) is 1. The molecule has 0 spiro atoms. The minimum Gasteiger partial charge on any atom is -0.545 e. The van der Waals surface area contributed by atoms with Gasteiger partial charge in [-0.1, -0.05) is 40.2 Å². The van der Waals surface area contributed by atoms with E-state index in [2.05, 4.69) is 20.9 Å². The molecule has 8 heteroatoms. The molecule has 7 nitrogen and oxygen atoms in total. The Bertz CT molecular complexity index is 969. The molecule has 0 aromatic heterocycles. The van der Waals surface area contributed by atoms with Crippen LogP contribution in [0.4, 0.5) is 4.79 Å². The first-order valence-corrected chi connectivity index (χ1v) is 9.33. The van der Waals surface area contributed by atoms with Gasteiger partial charge in [0.05, 0.1) is 5.97 Å². The summed E-state index contributed by atoms with van der Waals surface area (Å²) in [4.78, 5) is 39.8. The van der Waals surface area contributed by atoms with E-state index in [1.54, 1.807) is 31.2 Å². The van der Waals surface area contributed by atoms with Gasteiger partial charge in [-0.05, 0) is 36.2 Å².